The lowest BCUT2D eigenvalue weighted by atomic mass is 10.3. The van der Waals surface area contributed by atoms with Gasteiger partial charge in [-0.1, -0.05) is 49.7 Å². The number of nitrogens with two attached hydrogens (primary N) is 1. The zero-order valence-corrected chi connectivity index (χ0v) is 12.5. The molecule has 0 atom stereocenters. The third-order valence-electron chi connectivity index (χ3n) is 2.66. The molecule has 3 nitrogen and oxygen atoms in total. The maximum Gasteiger partial charge on any atom is 0.206 e. The van der Waals surface area contributed by atoms with Gasteiger partial charge < -0.3 is 5.73 Å². The molecule has 0 saturated carbocycles. The van der Waals surface area contributed by atoms with Gasteiger partial charge in [-0.2, -0.15) is 0 Å². The lowest BCUT2D eigenvalue weighted by Crippen LogP contribution is -2.00. The number of rotatable bonds is 4. The number of benzene rings is 2. The Balaban J connectivity index is 0.000000347. The molecule has 0 heterocycles. The van der Waals surface area contributed by atoms with E-state index in [-0.39, 0.29) is 0 Å². The van der Waals surface area contributed by atoms with Crippen LogP contribution >= 0.6 is 0 Å². The molecule has 108 valence electrons. The van der Waals surface area contributed by atoms with Crippen LogP contribution < -0.4 is 5.73 Å². The SMILES string of the molecule is CCCCN.O=S(=O)(c1ccccc1)c1ccccc1. The van der Waals surface area contributed by atoms with Gasteiger partial charge in [0.25, 0.3) is 0 Å². The second-order valence-corrected chi connectivity index (χ2v) is 6.22. The molecule has 0 spiro atoms. The third-order valence-corrected chi connectivity index (χ3v) is 4.45. The molecule has 20 heavy (non-hydrogen) atoms. The van der Waals surface area contributed by atoms with Gasteiger partial charge in [0.05, 0.1) is 9.79 Å². The Bertz CT molecular complexity index is 533. The third kappa shape index (κ3) is 4.79. The van der Waals surface area contributed by atoms with Gasteiger partial charge in [-0.3, -0.25) is 0 Å². The fraction of sp³-hybridized carbons (Fsp3) is 0.250. The van der Waals surface area contributed by atoms with Crippen LogP contribution in [0.25, 0.3) is 0 Å². The molecule has 4 heteroatoms. The standard InChI is InChI=1S/C12H10O2S.C4H11N/c13-15(14,11-7-3-1-4-8-11)12-9-5-2-6-10-12;1-2-3-4-5/h1-10H;2-5H2,1H3. The maximum absolute atomic E-state index is 12.0. The van der Waals surface area contributed by atoms with Crippen molar-refractivity contribution in [1.82, 2.24) is 0 Å². The van der Waals surface area contributed by atoms with E-state index in [0.717, 1.165) is 6.54 Å². The largest absolute Gasteiger partial charge is 0.330 e. The Morgan fingerprint density at radius 3 is 1.50 bits per heavy atom. The van der Waals surface area contributed by atoms with Crippen molar-refractivity contribution in [3.05, 3.63) is 60.7 Å². The minimum absolute atomic E-state index is 0.330. The molecule has 0 fully saturated rings. The van der Waals surface area contributed by atoms with Crippen molar-refractivity contribution in [2.45, 2.75) is 29.6 Å². The zero-order valence-electron chi connectivity index (χ0n) is 11.7. The van der Waals surface area contributed by atoms with Gasteiger partial charge in [0.15, 0.2) is 0 Å². The second kappa shape index (κ2) is 8.51. The molecule has 0 saturated heterocycles. The average molecular weight is 291 g/mol. The summed E-state index contributed by atoms with van der Waals surface area (Å²) in [6.07, 6.45) is 2.39. The van der Waals surface area contributed by atoms with E-state index in [9.17, 15) is 8.42 Å². The van der Waals surface area contributed by atoms with Gasteiger partial charge in [0, 0.05) is 0 Å². The maximum atomic E-state index is 12.0. The highest BCUT2D eigenvalue weighted by molar-refractivity contribution is 7.91. The molecule has 2 rings (SSSR count). The summed E-state index contributed by atoms with van der Waals surface area (Å²) in [5.41, 5.74) is 5.14. The fourth-order valence-electron chi connectivity index (χ4n) is 1.54. The minimum Gasteiger partial charge on any atom is -0.330 e. The van der Waals surface area contributed by atoms with Gasteiger partial charge in [-0.05, 0) is 37.2 Å². The predicted molar refractivity (Wildman–Crippen MR) is 82.3 cm³/mol. The Labute approximate surface area is 121 Å². The van der Waals surface area contributed by atoms with Gasteiger partial charge in [-0.15, -0.1) is 0 Å². The number of hydrogen-bond donors (Lipinski definition) is 1. The van der Waals surface area contributed by atoms with Crippen molar-refractivity contribution in [3.63, 3.8) is 0 Å². The van der Waals surface area contributed by atoms with E-state index in [0.29, 0.717) is 9.79 Å². The summed E-state index contributed by atoms with van der Waals surface area (Å²) in [6, 6.07) is 16.9. The van der Waals surface area contributed by atoms with E-state index in [2.05, 4.69) is 6.92 Å². The first-order chi connectivity index (χ1) is 9.62. The topological polar surface area (TPSA) is 60.2 Å². The average Bonchev–Trinajstić information content (AvgIpc) is 2.50. The molecule has 0 radical (unpaired) electrons. The van der Waals surface area contributed by atoms with Crippen molar-refractivity contribution in [1.29, 1.82) is 0 Å². The summed E-state index contributed by atoms with van der Waals surface area (Å²) in [5, 5.41) is 0. The van der Waals surface area contributed by atoms with Crippen molar-refractivity contribution in [3.8, 4) is 0 Å². The quantitative estimate of drug-likeness (QED) is 0.940. The number of sulfone groups is 1. The molecule has 0 aliphatic heterocycles. The van der Waals surface area contributed by atoms with E-state index < -0.39 is 9.84 Å². The molecule has 0 aliphatic rings. The molecule has 0 aromatic heterocycles. The van der Waals surface area contributed by atoms with Crippen molar-refractivity contribution in [2.24, 2.45) is 5.73 Å². The molecule has 2 aromatic carbocycles. The van der Waals surface area contributed by atoms with Crippen LogP contribution in [0.15, 0.2) is 70.5 Å². The van der Waals surface area contributed by atoms with E-state index >= 15 is 0 Å². The summed E-state index contributed by atoms with van der Waals surface area (Å²) in [4.78, 5) is 0.660. The number of hydrogen-bond acceptors (Lipinski definition) is 3. The highest BCUT2D eigenvalue weighted by atomic mass is 32.2. The predicted octanol–water partition coefficient (Wildman–Crippen LogP) is 3.26. The van der Waals surface area contributed by atoms with Crippen molar-refractivity contribution < 1.29 is 8.42 Å². The summed E-state index contributed by atoms with van der Waals surface area (Å²) in [6.45, 7) is 2.98. The first-order valence-corrected chi connectivity index (χ1v) is 8.16. The molecule has 0 bridgehead atoms. The zero-order chi connectivity index (χ0) is 14.8. The normalized spacial score (nSPS) is 10.5. The van der Waals surface area contributed by atoms with Crippen LogP contribution in [0.1, 0.15) is 19.8 Å². The van der Waals surface area contributed by atoms with Crippen LogP contribution in [-0.2, 0) is 9.84 Å². The summed E-state index contributed by atoms with van der Waals surface area (Å²) in [7, 11) is -3.34. The fourth-order valence-corrected chi connectivity index (χ4v) is 2.84. The van der Waals surface area contributed by atoms with Gasteiger partial charge in [-0.25, -0.2) is 8.42 Å². The second-order valence-electron chi connectivity index (χ2n) is 4.27. The van der Waals surface area contributed by atoms with Crippen LogP contribution in [0, 0.1) is 0 Å². The Morgan fingerprint density at radius 1 is 0.850 bits per heavy atom. The van der Waals surface area contributed by atoms with Crippen LogP contribution in [0.3, 0.4) is 0 Å². The number of unbranched alkanes of at least 4 members (excludes halogenated alkanes) is 1. The lowest BCUT2D eigenvalue weighted by molar-refractivity contribution is 0.596. The van der Waals surface area contributed by atoms with Crippen molar-refractivity contribution >= 4 is 9.84 Å². The van der Waals surface area contributed by atoms with Crippen LogP contribution in [0.4, 0.5) is 0 Å². The van der Waals surface area contributed by atoms with Gasteiger partial charge in [0.2, 0.25) is 9.84 Å². The van der Waals surface area contributed by atoms with Crippen LogP contribution in [0.2, 0.25) is 0 Å². The first kappa shape index (κ1) is 16.4. The molecule has 0 unspecified atom stereocenters. The smallest absolute Gasteiger partial charge is 0.206 e. The first-order valence-electron chi connectivity index (χ1n) is 6.68. The molecule has 2 aromatic rings. The van der Waals surface area contributed by atoms with Crippen LogP contribution in [0.5, 0.6) is 0 Å². The van der Waals surface area contributed by atoms with E-state index in [1.165, 1.54) is 12.8 Å². The van der Waals surface area contributed by atoms with Gasteiger partial charge in [0.1, 0.15) is 0 Å². The molecular formula is C16H21NO2S. The molecular weight excluding hydrogens is 270 g/mol. The van der Waals surface area contributed by atoms with Gasteiger partial charge >= 0.3 is 0 Å². The Morgan fingerprint density at radius 2 is 1.25 bits per heavy atom. The molecule has 0 amide bonds. The highest BCUT2D eigenvalue weighted by Crippen LogP contribution is 2.19. The van der Waals surface area contributed by atoms with Crippen LogP contribution in [-0.4, -0.2) is 15.0 Å². The summed E-state index contributed by atoms with van der Waals surface area (Å²) >= 11 is 0. The molecule has 2 N–H and O–H groups in total. The highest BCUT2D eigenvalue weighted by Gasteiger charge is 2.15. The monoisotopic (exact) mass is 291 g/mol. The Hall–Kier alpha value is -1.65. The summed E-state index contributed by atoms with van der Waals surface area (Å²) in [5.74, 6) is 0. The van der Waals surface area contributed by atoms with E-state index in [4.69, 9.17) is 5.73 Å². The minimum atomic E-state index is -3.34. The van der Waals surface area contributed by atoms with E-state index in [1.54, 1.807) is 60.7 Å². The summed E-state index contributed by atoms with van der Waals surface area (Å²) < 4.78 is 24.1. The van der Waals surface area contributed by atoms with Crippen molar-refractivity contribution in [2.75, 3.05) is 6.54 Å². The van der Waals surface area contributed by atoms with E-state index in [1.807, 2.05) is 0 Å². The Kier molecular flexibility index (Phi) is 6.98. The lowest BCUT2D eigenvalue weighted by Gasteiger charge is -2.03. The molecule has 0 aliphatic carbocycles.